The number of aromatic nitrogens is 2. The van der Waals surface area contributed by atoms with Crippen molar-refractivity contribution >= 4 is 17.7 Å². The third-order valence-corrected chi connectivity index (χ3v) is 8.36. The van der Waals surface area contributed by atoms with Gasteiger partial charge in [0.2, 0.25) is 5.91 Å². The van der Waals surface area contributed by atoms with Gasteiger partial charge in [-0.05, 0) is 78.2 Å². The van der Waals surface area contributed by atoms with E-state index in [-0.39, 0.29) is 37.0 Å². The molecule has 0 saturated heterocycles. The number of amides is 1. The van der Waals surface area contributed by atoms with Gasteiger partial charge in [0.05, 0.1) is 5.56 Å². The van der Waals surface area contributed by atoms with Gasteiger partial charge >= 0.3 is 6.18 Å². The van der Waals surface area contributed by atoms with Crippen LogP contribution >= 0.6 is 11.8 Å². The Hall–Kier alpha value is -3.96. The lowest BCUT2D eigenvalue weighted by molar-refractivity contribution is -0.137. The second-order valence-electron chi connectivity index (χ2n) is 10.8. The molecule has 11 heteroatoms. The molecule has 1 heterocycles. The normalized spacial score (nSPS) is 22.3. The number of hydrogen-bond acceptors (Lipinski definition) is 5. The maximum Gasteiger partial charge on any atom is 0.416 e. The van der Waals surface area contributed by atoms with Crippen LogP contribution in [0, 0.1) is 11.7 Å². The van der Waals surface area contributed by atoms with Crippen LogP contribution in [0.5, 0.6) is 0 Å². The summed E-state index contributed by atoms with van der Waals surface area (Å²) >= 11 is 0.269. The Labute approximate surface area is 298 Å². The van der Waals surface area contributed by atoms with E-state index in [9.17, 15) is 27.2 Å². The highest BCUT2D eigenvalue weighted by atomic mass is 32.2. The van der Waals surface area contributed by atoms with Crippen molar-refractivity contribution in [3.05, 3.63) is 117 Å². The van der Waals surface area contributed by atoms with Crippen LogP contribution in [0.4, 0.5) is 17.6 Å². The van der Waals surface area contributed by atoms with Crippen LogP contribution < -0.4 is 5.56 Å². The van der Waals surface area contributed by atoms with Gasteiger partial charge in [-0.25, -0.2) is 4.39 Å². The summed E-state index contributed by atoms with van der Waals surface area (Å²) in [6.07, 6.45) is -10.5. The minimum atomic E-state index is -4.53. The number of fused-ring (bicyclic) bond motifs is 1. The number of nitrogens with zero attached hydrogens (tertiary/aromatic N) is 4. The fourth-order valence-electron chi connectivity index (χ4n) is 4.98. The van der Waals surface area contributed by atoms with E-state index in [0.717, 1.165) is 66.6 Å². The maximum atomic E-state index is 14.6. The van der Waals surface area contributed by atoms with Crippen LogP contribution in [0.2, 0.25) is 0 Å². The Kier molecular flexibility index (Phi) is 7.56. The topological polar surface area (TPSA) is 58.4 Å². The summed E-state index contributed by atoms with van der Waals surface area (Å²) in [5.41, 5.74) is -4.81. The first-order valence-electron chi connectivity index (χ1n) is 20.3. The summed E-state index contributed by atoms with van der Waals surface area (Å²) in [7, 11) is 0. The van der Waals surface area contributed by atoms with E-state index < -0.39 is 89.3 Å². The molecule has 48 heavy (non-hydrogen) atoms. The maximum absolute atomic E-state index is 14.6. The van der Waals surface area contributed by atoms with Crippen molar-refractivity contribution in [1.29, 1.82) is 0 Å². The van der Waals surface area contributed by atoms with Gasteiger partial charge in [0, 0.05) is 51.7 Å². The molecule has 1 aliphatic carbocycles. The van der Waals surface area contributed by atoms with Crippen molar-refractivity contribution < 1.29 is 37.4 Å². The van der Waals surface area contributed by atoms with E-state index >= 15 is 0 Å². The van der Waals surface area contributed by atoms with Crippen LogP contribution in [-0.4, -0.2) is 51.3 Å². The number of halogens is 4. The van der Waals surface area contributed by atoms with Crippen molar-refractivity contribution in [2.24, 2.45) is 5.89 Å². The Bertz CT molecular complexity index is 2230. The van der Waals surface area contributed by atoms with Gasteiger partial charge in [-0.1, -0.05) is 81.1 Å². The van der Waals surface area contributed by atoms with Crippen LogP contribution in [-0.2, 0) is 42.5 Å². The summed E-state index contributed by atoms with van der Waals surface area (Å²) < 4.78 is 149. The quantitative estimate of drug-likeness (QED) is 0.0828. The third-order valence-electron chi connectivity index (χ3n) is 7.52. The molecule has 0 fully saturated rings. The van der Waals surface area contributed by atoms with Gasteiger partial charge in [0.15, 0.2) is 5.16 Å². The molecule has 1 aliphatic rings. The first-order chi connectivity index (χ1) is 26.9. The molecule has 6 nitrogen and oxygen atoms in total. The molecule has 0 N–H and O–H groups in total. The lowest BCUT2D eigenvalue weighted by Crippen LogP contribution is -2.40. The van der Waals surface area contributed by atoms with Gasteiger partial charge in [-0.15, -0.1) is 0 Å². The zero-order valence-corrected chi connectivity index (χ0v) is 27.1. The second kappa shape index (κ2) is 15.5. The first kappa shape index (κ1) is 23.4. The number of likely N-dealkylation sites (N-methyl/N-ethyl adjacent to an activating group) is 1. The molecular weight excluding hydrogens is 640 g/mol. The molecule has 1 atom stereocenters. The minimum absolute atomic E-state index is 0.0932. The van der Waals surface area contributed by atoms with E-state index in [4.69, 9.17) is 15.1 Å². The van der Waals surface area contributed by atoms with E-state index in [0.29, 0.717) is 16.7 Å². The minimum Gasteiger partial charge on any atom is -0.336 e. The predicted molar refractivity (Wildman–Crippen MR) is 181 cm³/mol. The fourth-order valence-corrected chi connectivity index (χ4v) is 5.72. The molecule has 0 aliphatic heterocycles. The van der Waals surface area contributed by atoms with E-state index in [1.165, 1.54) is 17.0 Å². The standard InChI is InChI=1S/C37H40F4N4O2S/c1-4-43(5-2)18-19-44(22-26-6-10-28(11-7-26)29-12-14-30(15-13-29)37(39,40)41)34(46)23-45-33-21-25(3)20-32(33)35(47)42-36(45)48-24-27-8-16-31(38)17-9-27/h6-17,25H,4-5,18-24H2,1-3H3/i4D2,5D2,20D2,21D2,24D2,25D. The average Bonchev–Trinajstić information content (AvgIpc) is 3.21. The third kappa shape index (κ3) is 8.73. The summed E-state index contributed by atoms with van der Waals surface area (Å²) in [6.45, 7) is -3.14. The van der Waals surface area contributed by atoms with Gasteiger partial charge in [-0.3, -0.25) is 9.59 Å². The molecule has 1 amide bonds. The van der Waals surface area contributed by atoms with Crippen molar-refractivity contribution in [2.75, 3.05) is 26.1 Å². The molecule has 0 spiro atoms. The molecule has 3 aromatic carbocycles. The zero-order chi connectivity index (χ0) is 44.3. The lowest BCUT2D eigenvalue weighted by atomic mass is 10.0. The number of thioether (sulfide) groups is 1. The van der Waals surface area contributed by atoms with E-state index in [1.54, 1.807) is 24.3 Å². The molecule has 4 aromatic rings. The monoisotopic (exact) mass is 691 g/mol. The molecule has 1 aromatic heterocycles. The van der Waals surface area contributed by atoms with Crippen molar-refractivity contribution in [2.45, 2.75) is 63.6 Å². The van der Waals surface area contributed by atoms with Gasteiger partial charge in [0.1, 0.15) is 12.4 Å². The Morgan fingerprint density at radius 3 is 2.19 bits per heavy atom. The van der Waals surface area contributed by atoms with E-state index in [1.807, 2.05) is 0 Å². The van der Waals surface area contributed by atoms with Crippen molar-refractivity contribution in [3.63, 3.8) is 0 Å². The number of carbonyl (C=O) groups excluding carboxylic acids is 1. The molecule has 0 saturated carbocycles. The SMILES string of the molecule is [2H]C([2H])(Sc1nc(=O)c2c(n1CC(=O)N(CCN(C([2H])([2H])C)C([2H])([2H])C)Cc1ccc(-c3ccc(C(F)(F)F)cc3)cc1)C([2H])([2H])C([2H])(C)C2([2H])[2H])c1ccc(F)cc1. The molecule has 0 radical (unpaired) electrons. The number of alkyl halides is 3. The highest BCUT2D eigenvalue weighted by molar-refractivity contribution is 7.98. The average molecular weight is 692 g/mol. The Balaban J connectivity index is 1.59. The van der Waals surface area contributed by atoms with Gasteiger partial charge < -0.3 is 14.4 Å². The summed E-state index contributed by atoms with van der Waals surface area (Å²) in [6, 6.07) is 15.1. The van der Waals surface area contributed by atoms with Gasteiger partial charge in [0.25, 0.3) is 5.56 Å². The van der Waals surface area contributed by atoms with E-state index in [2.05, 4.69) is 4.98 Å². The highest BCUT2D eigenvalue weighted by Gasteiger charge is 2.30. The first-order valence-corrected chi connectivity index (χ1v) is 15.6. The summed E-state index contributed by atoms with van der Waals surface area (Å²) in [4.78, 5) is 34.1. The largest absolute Gasteiger partial charge is 0.416 e. The highest BCUT2D eigenvalue weighted by Crippen LogP contribution is 2.32. The van der Waals surface area contributed by atoms with Crippen molar-refractivity contribution in [3.8, 4) is 11.1 Å². The second-order valence-corrected chi connectivity index (χ2v) is 11.6. The molecule has 1 unspecified atom stereocenters. The zero-order valence-electron chi connectivity index (χ0n) is 37.3. The van der Waals surface area contributed by atoms with Crippen LogP contribution in [0.1, 0.15) is 63.8 Å². The molecule has 5 rings (SSSR count). The lowest BCUT2D eigenvalue weighted by Gasteiger charge is -2.28. The smallest absolute Gasteiger partial charge is 0.336 e. The van der Waals surface area contributed by atoms with Crippen LogP contribution in [0.3, 0.4) is 0 Å². The van der Waals surface area contributed by atoms with Crippen LogP contribution in [0.15, 0.2) is 82.7 Å². The molecular formula is C37H40F4N4O2S. The molecule has 254 valence electrons. The summed E-state index contributed by atoms with van der Waals surface area (Å²) in [5, 5.41) is -0.564. The Morgan fingerprint density at radius 1 is 0.979 bits per heavy atom. The number of carbonyl (C=O) groups is 1. The Morgan fingerprint density at radius 2 is 1.58 bits per heavy atom. The summed E-state index contributed by atoms with van der Waals surface area (Å²) in [5.74, 6) is -4.18. The fraction of sp³-hybridized carbons (Fsp3) is 0.378. The predicted octanol–water partition coefficient (Wildman–Crippen LogP) is 7.47. The number of hydrogen-bond donors (Lipinski definition) is 0. The number of rotatable bonds is 13. The number of benzene rings is 3. The van der Waals surface area contributed by atoms with Gasteiger partial charge in [-0.2, -0.15) is 18.2 Å². The van der Waals surface area contributed by atoms with Crippen LogP contribution in [0.25, 0.3) is 11.1 Å². The van der Waals surface area contributed by atoms with Crippen molar-refractivity contribution in [1.82, 2.24) is 19.4 Å². The molecule has 0 bridgehead atoms.